The third-order valence-corrected chi connectivity index (χ3v) is 6.86. The molecular formula is C29H33ClN2O3S. The van der Waals surface area contributed by atoms with Crippen molar-refractivity contribution in [2.24, 2.45) is 0 Å². The Bertz CT molecular complexity index is 1110. The summed E-state index contributed by atoms with van der Waals surface area (Å²) in [6.45, 7) is 4.17. The van der Waals surface area contributed by atoms with Gasteiger partial charge in [0.25, 0.3) is 0 Å². The molecule has 7 heteroatoms. The fraction of sp³-hybridized carbons (Fsp3) is 0.310. The van der Waals surface area contributed by atoms with Gasteiger partial charge in [-0.3, -0.25) is 9.59 Å². The number of benzene rings is 3. The summed E-state index contributed by atoms with van der Waals surface area (Å²) in [5.74, 6) is 1.51. The lowest BCUT2D eigenvalue weighted by atomic mass is 10.0. The molecule has 1 N–H and O–H groups in total. The number of thioether (sulfide) groups is 1. The van der Waals surface area contributed by atoms with E-state index in [1.807, 2.05) is 80.6 Å². The van der Waals surface area contributed by atoms with Gasteiger partial charge in [-0.05, 0) is 54.8 Å². The standard InChI is InChI=1S/C29H33ClN2O3S/c1-21(2)31-29(34)27(17-22-7-5-4-6-8-22)32(18-23-9-13-25(30)14-10-23)28(33)20-36-19-24-11-15-26(35-3)16-12-24/h4-16,21,27H,17-20H2,1-3H3,(H,31,34)/t27-/m0/s1. The first-order valence-corrected chi connectivity index (χ1v) is 13.5. The number of carbonyl (C=O) groups excluding carboxylic acids is 2. The summed E-state index contributed by atoms with van der Waals surface area (Å²) in [6, 6.07) is 24.4. The number of halogens is 1. The van der Waals surface area contributed by atoms with E-state index in [0.717, 1.165) is 22.4 Å². The van der Waals surface area contributed by atoms with Gasteiger partial charge in [0.2, 0.25) is 11.8 Å². The number of amides is 2. The Kier molecular flexibility index (Phi) is 10.7. The smallest absolute Gasteiger partial charge is 0.243 e. The number of carbonyl (C=O) groups is 2. The second-order valence-electron chi connectivity index (χ2n) is 8.86. The maximum atomic E-state index is 13.6. The van der Waals surface area contributed by atoms with Crippen LogP contribution in [0.25, 0.3) is 0 Å². The number of hydrogen-bond donors (Lipinski definition) is 1. The fourth-order valence-electron chi connectivity index (χ4n) is 3.78. The van der Waals surface area contributed by atoms with Crippen LogP contribution < -0.4 is 10.1 Å². The van der Waals surface area contributed by atoms with E-state index in [2.05, 4.69) is 5.32 Å². The molecular weight excluding hydrogens is 492 g/mol. The summed E-state index contributed by atoms with van der Waals surface area (Å²) in [5.41, 5.74) is 3.03. The Hall–Kier alpha value is -2.96. The number of ether oxygens (including phenoxy) is 1. The Labute approximate surface area is 223 Å². The lowest BCUT2D eigenvalue weighted by Crippen LogP contribution is -2.52. The molecule has 5 nitrogen and oxygen atoms in total. The molecule has 3 aromatic carbocycles. The third-order valence-electron chi connectivity index (χ3n) is 5.62. The second-order valence-corrected chi connectivity index (χ2v) is 10.3. The van der Waals surface area contributed by atoms with Gasteiger partial charge in [0, 0.05) is 29.8 Å². The zero-order chi connectivity index (χ0) is 25.9. The van der Waals surface area contributed by atoms with Crippen molar-refractivity contribution in [2.45, 2.75) is 44.6 Å². The minimum Gasteiger partial charge on any atom is -0.497 e. The normalized spacial score (nSPS) is 11.7. The molecule has 3 rings (SSSR count). The number of hydrogen-bond acceptors (Lipinski definition) is 4. The van der Waals surface area contributed by atoms with E-state index >= 15 is 0 Å². The van der Waals surface area contributed by atoms with E-state index in [1.54, 1.807) is 24.1 Å². The summed E-state index contributed by atoms with van der Waals surface area (Å²) in [4.78, 5) is 28.7. The predicted molar refractivity (Wildman–Crippen MR) is 148 cm³/mol. The van der Waals surface area contributed by atoms with Crippen LogP contribution in [0.3, 0.4) is 0 Å². The minimum atomic E-state index is -0.639. The van der Waals surface area contributed by atoms with Crippen molar-refractivity contribution < 1.29 is 14.3 Å². The van der Waals surface area contributed by atoms with Crippen LogP contribution in [0.2, 0.25) is 5.02 Å². The van der Waals surface area contributed by atoms with E-state index in [-0.39, 0.29) is 23.6 Å². The van der Waals surface area contributed by atoms with E-state index in [1.165, 1.54) is 11.8 Å². The van der Waals surface area contributed by atoms with Crippen molar-refractivity contribution in [3.8, 4) is 5.75 Å². The van der Waals surface area contributed by atoms with Crippen LogP contribution in [-0.2, 0) is 28.3 Å². The van der Waals surface area contributed by atoms with Gasteiger partial charge in [-0.15, -0.1) is 11.8 Å². The molecule has 190 valence electrons. The zero-order valence-corrected chi connectivity index (χ0v) is 22.5. The van der Waals surface area contributed by atoms with Gasteiger partial charge in [-0.25, -0.2) is 0 Å². The molecule has 36 heavy (non-hydrogen) atoms. The summed E-state index contributed by atoms with van der Waals surface area (Å²) in [6.07, 6.45) is 0.432. The monoisotopic (exact) mass is 524 g/mol. The zero-order valence-electron chi connectivity index (χ0n) is 20.9. The molecule has 0 saturated carbocycles. The van der Waals surface area contributed by atoms with E-state index < -0.39 is 6.04 Å². The van der Waals surface area contributed by atoms with Crippen LogP contribution in [0.1, 0.15) is 30.5 Å². The van der Waals surface area contributed by atoms with E-state index in [4.69, 9.17) is 16.3 Å². The molecule has 0 saturated heterocycles. The molecule has 0 radical (unpaired) electrons. The van der Waals surface area contributed by atoms with Crippen LogP contribution in [-0.4, -0.2) is 41.7 Å². The first-order chi connectivity index (χ1) is 17.4. The van der Waals surface area contributed by atoms with E-state index in [0.29, 0.717) is 23.7 Å². The highest BCUT2D eigenvalue weighted by Crippen LogP contribution is 2.20. The summed E-state index contributed by atoms with van der Waals surface area (Å²) >= 11 is 7.61. The van der Waals surface area contributed by atoms with Crippen molar-refractivity contribution >= 4 is 35.2 Å². The predicted octanol–water partition coefficient (Wildman–Crippen LogP) is 5.75. The maximum Gasteiger partial charge on any atom is 0.243 e. The average molecular weight is 525 g/mol. The van der Waals surface area contributed by atoms with Gasteiger partial charge in [0.05, 0.1) is 12.9 Å². The summed E-state index contributed by atoms with van der Waals surface area (Å²) in [7, 11) is 1.64. The highest BCUT2D eigenvalue weighted by atomic mass is 35.5. The quantitative estimate of drug-likeness (QED) is 0.328. The Morgan fingerprint density at radius 1 is 0.917 bits per heavy atom. The number of nitrogens with one attached hydrogen (secondary N) is 1. The molecule has 1 atom stereocenters. The fourth-order valence-corrected chi connectivity index (χ4v) is 4.78. The van der Waals surface area contributed by atoms with Gasteiger partial charge >= 0.3 is 0 Å². The topological polar surface area (TPSA) is 58.6 Å². The number of nitrogens with zero attached hydrogens (tertiary/aromatic N) is 1. The Morgan fingerprint density at radius 3 is 2.17 bits per heavy atom. The molecule has 2 amide bonds. The van der Waals surface area contributed by atoms with Crippen molar-refractivity contribution in [1.29, 1.82) is 0 Å². The first kappa shape index (κ1) is 27.6. The Balaban J connectivity index is 1.81. The van der Waals surface area contributed by atoms with Gasteiger partial charge < -0.3 is 15.0 Å². The average Bonchev–Trinajstić information content (AvgIpc) is 2.87. The van der Waals surface area contributed by atoms with E-state index in [9.17, 15) is 9.59 Å². The van der Waals surface area contributed by atoms with Crippen molar-refractivity contribution in [2.75, 3.05) is 12.9 Å². The molecule has 0 aromatic heterocycles. The lowest BCUT2D eigenvalue weighted by Gasteiger charge is -2.32. The van der Waals surface area contributed by atoms with Crippen molar-refractivity contribution in [3.63, 3.8) is 0 Å². The third kappa shape index (κ3) is 8.61. The van der Waals surface area contributed by atoms with Crippen LogP contribution in [0.5, 0.6) is 5.75 Å². The number of rotatable bonds is 12. The van der Waals surface area contributed by atoms with Crippen LogP contribution in [0.4, 0.5) is 0 Å². The second kappa shape index (κ2) is 14.0. The maximum absolute atomic E-state index is 13.6. The molecule has 3 aromatic rings. The molecule has 0 unspecified atom stereocenters. The van der Waals surface area contributed by atoms with Gasteiger partial charge in [0.15, 0.2) is 0 Å². The SMILES string of the molecule is COc1ccc(CSCC(=O)N(Cc2ccc(Cl)cc2)[C@@H](Cc2ccccc2)C(=O)NC(C)C)cc1. The van der Waals surface area contributed by atoms with Crippen molar-refractivity contribution in [3.05, 3.63) is 101 Å². The molecule has 0 fully saturated rings. The first-order valence-electron chi connectivity index (χ1n) is 11.9. The largest absolute Gasteiger partial charge is 0.497 e. The molecule has 0 aliphatic carbocycles. The summed E-state index contributed by atoms with van der Waals surface area (Å²) in [5, 5.41) is 3.64. The Morgan fingerprint density at radius 2 is 1.56 bits per heavy atom. The van der Waals surface area contributed by atoms with Crippen LogP contribution in [0.15, 0.2) is 78.9 Å². The van der Waals surface area contributed by atoms with Gasteiger partial charge in [0.1, 0.15) is 11.8 Å². The highest BCUT2D eigenvalue weighted by Gasteiger charge is 2.30. The lowest BCUT2D eigenvalue weighted by molar-refractivity contribution is -0.139. The molecule has 0 spiro atoms. The molecule has 0 aliphatic heterocycles. The van der Waals surface area contributed by atoms with Crippen molar-refractivity contribution in [1.82, 2.24) is 10.2 Å². The van der Waals surface area contributed by atoms with Crippen LogP contribution in [0, 0.1) is 0 Å². The van der Waals surface area contributed by atoms with Gasteiger partial charge in [-0.2, -0.15) is 0 Å². The summed E-state index contributed by atoms with van der Waals surface area (Å²) < 4.78 is 5.22. The van der Waals surface area contributed by atoms with Gasteiger partial charge in [-0.1, -0.05) is 66.2 Å². The molecule has 0 bridgehead atoms. The minimum absolute atomic E-state index is 0.0345. The molecule has 0 heterocycles. The van der Waals surface area contributed by atoms with Crippen LogP contribution >= 0.6 is 23.4 Å². The highest BCUT2D eigenvalue weighted by molar-refractivity contribution is 7.99. The number of methoxy groups -OCH3 is 1. The molecule has 0 aliphatic rings.